The lowest BCUT2D eigenvalue weighted by Gasteiger charge is -2.27. The van der Waals surface area contributed by atoms with E-state index in [1.54, 1.807) is 12.4 Å². The summed E-state index contributed by atoms with van der Waals surface area (Å²) in [4.78, 5) is 15.7. The van der Waals surface area contributed by atoms with E-state index in [2.05, 4.69) is 57.8 Å². The van der Waals surface area contributed by atoms with Crippen molar-refractivity contribution in [2.75, 3.05) is 19.3 Å². The highest BCUT2D eigenvalue weighted by atomic mass is 16.5. The quantitative estimate of drug-likeness (QED) is 0.642. The van der Waals surface area contributed by atoms with E-state index in [0.29, 0.717) is 18.4 Å². The summed E-state index contributed by atoms with van der Waals surface area (Å²) in [5, 5.41) is 0. The van der Waals surface area contributed by atoms with Crippen molar-refractivity contribution in [3.63, 3.8) is 0 Å². The molecule has 6 nitrogen and oxygen atoms in total. The lowest BCUT2D eigenvalue weighted by molar-refractivity contribution is 0.295. The molecule has 1 aromatic carbocycles. The van der Waals surface area contributed by atoms with Crippen LogP contribution in [-0.2, 0) is 19.6 Å². The van der Waals surface area contributed by atoms with Gasteiger partial charge in [-0.2, -0.15) is 0 Å². The van der Waals surface area contributed by atoms with Gasteiger partial charge >= 0.3 is 0 Å². The minimum absolute atomic E-state index is 0.283. The van der Waals surface area contributed by atoms with Crippen LogP contribution in [0, 0.1) is 24.7 Å². The maximum atomic E-state index is 6.07. The minimum Gasteiger partial charge on any atom is -0.470 e. The van der Waals surface area contributed by atoms with Gasteiger partial charge in [0.2, 0.25) is 0 Å². The number of ether oxygens (including phenoxy) is 1. The second-order valence-electron chi connectivity index (χ2n) is 8.75. The van der Waals surface area contributed by atoms with Gasteiger partial charge in [0.05, 0.1) is 11.9 Å². The van der Waals surface area contributed by atoms with Crippen LogP contribution in [0.1, 0.15) is 40.8 Å². The van der Waals surface area contributed by atoms with E-state index in [0.717, 1.165) is 42.0 Å². The van der Waals surface area contributed by atoms with Crippen LogP contribution in [0.25, 0.3) is 11.3 Å². The van der Waals surface area contributed by atoms with Crippen LogP contribution in [0.15, 0.2) is 36.7 Å². The second kappa shape index (κ2) is 8.60. The van der Waals surface area contributed by atoms with Crippen molar-refractivity contribution >= 4 is 5.82 Å². The molecule has 0 spiro atoms. The normalized spacial score (nSPS) is 15.6. The first kappa shape index (κ1) is 20.5. The monoisotopic (exact) mass is 425 g/mol. The number of rotatable bonds is 4. The molecule has 1 aliphatic heterocycles. The number of pyridine rings is 1. The Kier molecular flexibility index (Phi) is 5.50. The number of aromatic nitrogens is 3. The van der Waals surface area contributed by atoms with E-state index in [9.17, 15) is 0 Å². The molecule has 0 saturated heterocycles. The zero-order chi connectivity index (χ0) is 22.1. The zero-order valence-corrected chi connectivity index (χ0v) is 18.6. The van der Waals surface area contributed by atoms with Gasteiger partial charge in [0.15, 0.2) is 5.82 Å². The summed E-state index contributed by atoms with van der Waals surface area (Å²) in [5.41, 5.74) is 13.7. The third kappa shape index (κ3) is 4.58. The van der Waals surface area contributed by atoms with E-state index < -0.39 is 0 Å². The van der Waals surface area contributed by atoms with Gasteiger partial charge in [0.25, 0.3) is 5.88 Å². The summed E-state index contributed by atoms with van der Waals surface area (Å²) in [5.74, 6) is 7.56. The van der Waals surface area contributed by atoms with Crippen LogP contribution in [0.2, 0.25) is 0 Å². The van der Waals surface area contributed by atoms with Crippen molar-refractivity contribution in [3.8, 4) is 29.0 Å². The third-order valence-electron chi connectivity index (χ3n) is 5.99. The molecule has 0 unspecified atom stereocenters. The van der Waals surface area contributed by atoms with Crippen LogP contribution in [-0.4, -0.2) is 33.4 Å². The van der Waals surface area contributed by atoms with Gasteiger partial charge in [-0.15, -0.1) is 0 Å². The van der Waals surface area contributed by atoms with Crippen LogP contribution in [0.3, 0.4) is 0 Å². The molecule has 6 heteroatoms. The Morgan fingerprint density at radius 1 is 1.22 bits per heavy atom. The van der Waals surface area contributed by atoms with Crippen molar-refractivity contribution in [1.29, 1.82) is 0 Å². The van der Waals surface area contributed by atoms with E-state index in [-0.39, 0.29) is 5.82 Å². The topological polar surface area (TPSA) is 77.2 Å². The first-order valence-corrected chi connectivity index (χ1v) is 11.1. The standard InChI is InChI=1S/C26H27N5O/c1-17-11-20(13-21-15-31(2)10-8-23(17)21)24-14-29-25(27)26(30-24)32-16-19-7-9-28-22(12-19)6-5-18-3-4-18/h7,9,11-14,18H,3-4,8,10,15-16H2,1-2H3,(H2,27,29). The summed E-state index contributed by atoms with van der Waals surface area (Å²) in [6.07, 6.45) is 6.95. The fraction of sp³-hybridized carbons (Fsp3) is 0.346. The summed E-state index contributed by atoms with van der Waals surface area (Å²) in [6, 6.07) is 8.27. The molecule has 5 rings (SSSR count). The Hall–Kier alpha value is -3.43. The predicted octanol–water partition coefficient (Wildman–Crippen LogP) is 3.76. The van der Waals surface area contributed by atoms with E-state index in [1.807, 2.05) is 12.1 Å². The van der Waals surface area contributed by atoms with Gasteiger partial charge in [-0.3, -0.25) is 0 Å². The van der Waals surface area contributed by atoms with Gasteiger partial charge in [-0.25, -0.2) is 15.0 Å². The predicted molar refractivity (Wildman–Crippen MR) is 125 cm³/mol. The molecule has 0 radical (unpaired) electrons. The molecule has 32 heavy (non-hydrogen) atoms. The van der Waals surface area contributed by atoms with Gasteiger partial charge in [0.1, 0.15) is 12.3 Å². The number of fused-ring (bicyclic) bond motifs is 1. The van der Waals surface area contributed by atoms with Crippen molar-refractivity contribution in [2.45, 2.75) is 39.3 Å². The Morgan fingerprint density at radius 2 is 2.09 bits per heavy atom. The van der Waals surface area contributed by atoms with Crippen molar-refractivity contribution in [1.82, 2.24) is 19.9 Å². The summed E-state index contributed by atoms with van der Waals surface area (Å²) in [7, 11) is 2.15. The molecule has 162 valence electrons. The molecular weight excluding hydrogens is 398 g/mol. The lowest BCUT2D eigenvalue weighted by Crippen LogP contribution is -2.27. The van der Waals surface area contributed by atoms with Gasteiger partial charge in [-0.1, -0.05) is 5.92 Å². The first-order valence-electron chi connectivity index (χ1n) is 11.1. The summed E-state index contributed by atoms with van der Waals surface area (Å²) >= 11 is 0. The molecule has 2 aromatic heterocycles. The third-order valence-corrected chi connectivity index (χ3v) is 5.99. The van der Waals surface area contributed by atoms with E-state index >= 15 is 0 Å². The Bertz CT molecular complexity index is 1220. The molecule has 0 atom stereocenters. The molecule has 3 heterocycles. The molecule has 1 saturated carbocycles. The smallest absolute Gasteiger partial charge is 0.258 e. The molecular formula is C26H27N5O. The van der Waals surface area contributed by atoms with E-state index in [1.165, 1.54) is 29.5 Å². The van der Waals surface area contributed by atoms with Crippen molar-refractivity contribution < 1.29 is 4.74 Å². The number of nitrogens with zero attached hydrogens (tertiary/aromatic N) is 4. The zero-order valence-electron chi connectivity index (χ0n) is 18.6. The fourth-order valence-electron chi connectivity index (χ4n) is 4.02. The highest BCUT2D eigenvalue weighted by molar-refractivity contribution is 5.64. The minimum atomic E-state index is 0.283. The summed E-state index contributed by atoms with van der Waals surface area (Å²) < 4.78 is 5.96. The molecule has 0 amide bonds. The number of nitrogens with two attached hydrogens (primary N) is 1. The van der Waals surface area contributed by atoms with Crippen molar-refractivity contribution in [3.05, 3.63) is 64.6 Å². The highest BCUT2D eigenvalue weighted by Gasteiger charge is 2.18. The van der Waals surface area contributed by atoms with Crippen LogP contribution in [0.5, 0.6) is 5.88 Å². The van der Waals surface area contributed by atoms with Gasteiger partial charge in [0, 0.05) is 30.8 Å². The number of hydrogen-bond acceptors (Lipinski definition) is 6. The van der Waals surface area contributed by atoms with Gasteiger partial charge in [-0.05, 0) is 85.7 Å². The van der Waals surface area contributed by atoms with Crippen molar-refractivity contribution in [2.24, 2.45) is 5.92 Å². The maximum Gasteiger partial charge on any atom is 0.258 e. The lowest BCUT2D eigenvalue weighted by atomic mass is 9.92. The Morgan fingerprint density at radius 3 is 2.94 bits per heavy atom. The maximum absolute atomic E-state index is 6.07. The first-order chi connectivity index (χ1) is 15.5. The molecule has 2 aliphatic rings. The average Bonchev–Trinajstić information content (AvgIpc) is 3.62. The van der Waals surface area contributed by atoms with E-state index in [4.69, 9.17) is 10.5 Å². The average molecular weight is 426 g/mol. The second-order valence-corrected chi connectivity index (χ2v) is 8.75. The van der Waals surface area contributed by atoms with Crippen LogP contribution in [0.4, 0.5) is 5.82 Å². The highest BCUT2D eigenvalue weighted by Crippen LogP contribution is 2.30. The van der Waals surface area contributed by atoms with Crippen LogP contribution >= 0.6 is 0 Å². The molecule has 0 bridgehead atoms. The molecule has 1 aliphatic carbocycles. The number of aryl methyl sites for hydroxylation is 1. The molecule has 1 fully saturated rings. The SMILES string of the molecule is Cc1cc(-c2cnc(N)c(OCc3ccnc(C#CC4CC4)c3)n2)cc2c1CCN(C)C2. The number of benzene rings is 1. The Balaban J connectivity index is 1.36. The fourth-order valence-corrected chi connectivity index (χ4v) is 4.02. The Labute approximate surface area is 188 Å². The summed E-state index contributed by atoms with van der Waals surface area (Å²) in [6.45, 7) is 4.54. The molecule has 3 aromatic rings. The largest absolute Gasteiger partial charge is 0.470 e. The number of hydrogen-bond donors (Lipinski definition) is 1. The van der Waals surface area contributed by atoms with Crippen LogP contribution < -0.4 is 10.5 Å². The number of nitrogen functional groups attached to an aromatic ring is 1. The van der Waals surface area contributed by atoms with Gasteiger partial charge < -0.3 is 15.4 Å². The number of anilines is 1. The molecule has 2 N–H and O–H groups in total. The number of likely N-dealkylation sites (N-methyl/N-ethyl adjacent to an activating group) is 1.